The number of imidazole rings is 1. The minimum atomic E-state index is -4.30. The minimum absolute atomic E-state index is 0.203. The smallest absolute Gasteiger partial charge is 0.353 e. The average Bonchev–Trinajstić information content (AvgIpc) is 2.93. The number of halogens is 4. The summed E-state index contributed by atoms with van der Waals surface area (Å²) in [6, 6.07) is 1.53. The van der Waals surface area contributed by atoms with Crippen LogP contribution < -0.4 is 0 Å². The van der Waals surface area contributed by atoms with Gasteiger partial charge in [0.2, 0.25) is 0 Å². The molecule has 0 amide bonds. The van der Waals surface area contributed by atoms with Gasteiger partial charge in [-0.3, -0.25) is 0 Å². The van der Waals surface area contributed by atoms with Gasteiger partial charge >= 0.3 is 6.18 Å². The molecule has 1 aliphatic heterocycles. The number of hydrogen-bond acceptors (Lipinski definition) is 4. The van der Waals surface area contributed by atoms with Crippen molar-refractivity contribution in [3.63, 3.8) is 0 Å². The van der Waals surface area contributed by atoms with Crippen LogP contribution in [0.3, 0.4) is 0 Å². The van der Waals surface area contributed by atoms with E-state index < -0.39 is 18.2 Å². The third-order valence-electron chi connectivity index (χ3n) is 4.50. The van der Waals surface area contributed by atoms with Gasteiger partial charge in [0.05, 0.1) is 17.6 Å². The van der Waals surface area contributed by atoms with Crippen molar-refractivity contribution in [2.45, 2.75) is 58.2 Å². The van der Waals surface area contributed by atoms with Crippen molar-refractivity contribution < 1.29 is 22.6 Å². The van der Waals surface area contributed by atoms with Crippen LogP contribution in [0, 0.1) is 5.92 Å². The zero-order valence-electron chi connectivity index (χ0n) is 14.6. The van der Waals surface area contributed by atoms with E-state index in [-0.39, 0.29) is 18.0 Å². The summed E-state index contributed by atoms with van der Waals surface area (Å²) < 4.78 is 52.3. The van der Waals surface area contributed by atoms with E-state index in [0.717, 1.165) is 26.2 Å². The Kier molecular flexibility index (Phi) is 5.74. The molecule has 0 aromatic carbocycles. The third-order valence-corrected chi connectivity index (χ3v) is 4.71. The maximum Gasteiger partial charge on any atom is 0.393 e. The van der Waals surface area contributed by atoms with Gasteiger partial charge in [0, 0.05) is 19.2 Å². The van der Waals surface area contributed by atoms with E-state index in [2.05, 4.69) is 9.97 Å². The maximum absolute atomic E-state index is 13.1. The Bertz CT molecular complexity index is 760. The Morgan fingerprint density at radius 1 is 1.38 bits per heavy atom. The largest absolute Gasteiger partial charge is 0.393 e. The van der Waals surface area contributed by atoms with Crippen LogP contribution in [-0.2, 0) is 16.0 Å². The maximum atomic E-state index is 13.1. The molecule has 2 aromatic heterocycles. The van der Waals surface area contributed by atoms with E-state index in [1.54, 1.807) is 6.92 Å². The van der Waals surface area contributed by atoms with Gasteiger partial charge in [-0.05, 0) is 26.2 Å². The van der Waals surface area contributed by atoms with Crippen molar-refractivity contribution in [2.75, 3.05) is 6.61 Å². The van der Waals surface area contributed by atoms with Gasteiger partial charge in [-0.1, -0.05) is 18.5 Å². The molecule has 5 nitrogen and oxygen atoms in total. The summed E-state index contributed by atoms with van der Waals surface area (Å²) in [6.07, 6.45) is -0.991. The van der Waals surface area contributed by atoms with Crippen LogP contribution in [0.4, 0.5) is 13.2 Å². The van der Waals surface area contributed by atoms with Crippen molar-refractivity contribution in [3.05, 3.63) is 23.2 Å². The summed E-state index contributed by atoms with van der Waals surface area (Å²) in [5.41, 5.74) is 0.995. The number of fused-ring (bicyclic) bond motifs is 1. The fourth-order valence-corrected chi connectivity index (χ4v) is 3.16. The lowest BCUT2D eigenvalue weighted by Crippen LogP contribution is -2.27. The fraction of sp³-hybridized carbons (Fsp3) is 0.647. The predicted octanol–water partition coefficient (Wildman–Crippen LogP) is 4.89. The molecular weight excluding hydrogens is 371 g/mol. The normalized spacial score (nSPS) is 21.1. The summed E-state index contributed by atoms with van der Waals surface area (Å²) in [6.45, 7) is 3.27. The molecule has 0 bridgehead atoms. The van der Waals surface area contributed by atoms with Crippen LogP contribution in [-0.4, -0.2) is 33.6 Å². The number of rotatable bonds is 5. The fourth-order valence-electron chi connectivity index (χ4n) is 3.01. The molecule has 0 radical (unpaired) electrons. The van der Waals surface area contributed by atoms with Gasteiger partial charge in [0.15, 0.2) is 6.29 Å². The summed E-state index contributed by atoms with van der Waals surface area (Å²) in [5, 5.41) is 0.203. The molecule has 2 aromatic rings. The number of ether oxygens (including phenoxy) is 2. The lowest BCUT2D eigenvalue weighted by Gasteiger charge is -2.26. The zero-order chi connectivity index (χ0) is 18.9. The van der Waals surface area contributed by atoms with E-state index in [4.69, 9.17) is 21.1 Å². The Hall–Kier alpha value is -1.38. The summed E-state index contributed by atoms with van der Waals surface area (Å²) in [7, 11) is 0. The summed E-state index contributed by atoms with van der Waals surface area (Å²) >= 11 is 5.94. The first-order chi connectivity index (χ1) is 12.3. The quantitative estimate of drug-likeness (QED) is 0.681. The molecule has 3 atom stereocenters. The zero-order valence-corrected chi connectivity index (χ0v) is 15.3. The van der Waals surface area contributed by atoms with Gasteiger partial charge in [-0.15, -0.1) is 0 Å². The van der Waals surface area contributed by atoms with E-state index in [1.165, 1.54) is 16.8 Å². The van der Waals surface area contributed by atoms with E-state index in [1.807, 2.05) is 0 Å². The van der Waals surface area contributed by atoms with Crippen LogP contribution >= 0.6 is 11.6 Å². The molecule has 0 aliphatic carbocycles. The monoisotopic (exact) mass is 391 g/mol. The first kappa shape index (κ1) is 19.4. The van der Waals surface area contributed by atoms with Crippen LogP contribution in [0.25, 0.3) is 11.0 Å². The lowest BCUT2D eigenvalue weighted by atomic mass is 10.1. The minimum Gasteiger partial charge on any atom is -0.353 e. The first-order valence-corrected chi connectivity index (χ1v) is 8.99. The van der Waals surface area contributed by atoms with Crippen LogP contribution in [0.15, 0.2) is 12.3 Å². The number of nitrogens with zero attached hydrogens (tertiary/aromatic N) is 3. The van der Waals surface area contributed by atoms with Crippen molar-refractivity contribution in [1.82, 2.24) is 14.5 Å². The predicted molar refractivity (Wildman–Crippen MR) is 90.8 cm³/mol. The molecule has 9 heteroatoms. The van der Waals surface area contributed by atoms with Crippen molar-refractivity contribution in [3.8, 4) is 0 Å². The number of alkyl halides is 3. The first-order valence-electron chi connectivity index (χ1n) is 8.61. The Balaban J connectivity index is 1.93. The molecule has 144 valence electrons. The van der Waals surface area contributed by atoms with Gasteiger partial charge < -0.3 is 14.0 Å². The Morgan fingerprint density at radius 2 is 2.15 bits per heavy atom. The molecule has 1 aliphatic rings. The number of pyridine rings is 1. The average molecular weight is 392 g/mol. The van der Waals surface area contributed by atoms with Crippen LogP contribution in [0.5, 0.6) is 0 Å². The Morgan fingerprint density at radius 3 is 2.81 bits per heavy atom. The van der Waals surface area contributed by atoms with Crippen molar-refractivity contribution >= 4 is 22.6 Å². The molecule has 1 unspecified atom stereocenters. The SMILES string of the molecule is C[C@@H](OC1CCCCO1)c1nc2cnc(Cl)cc2n1C[C@H](C)C(F)(F)F. The second-order valence-electron chi connectivity index (χ2n) is 6.59. The summed E-state index contributed by atoms with van der Waals surface area (Å²) in [5.74, 6) is -1.13. The molecule has 1 saturated heterocycles. The van der Waals surface area contributed by atoms with Gasteiger partial charge in [0.1, 0.15) is 22.6 Å². The second kappa shape index (κ2) is 7.70. The van der Waals surface area contributed by atoms with Crippen LogP contribution in [0.2, 0.25) is 5.15 Å². The van der Waals surface area contributed by atoms with E-state index >= 15 is 0 Å². The third kappa shape index (κ3) is 4.29. The van der Waals surface area contributed by atoms with E-state index in [9.17, 15) is 13.2 Å². The second-order valence-corrected chi connectivity index (χ2v) is 6.98. The van der Waals surface area contributed by atoms with Gasteiger partial charge in [0.25, 0.3) is 0 Å². The van der Waals surface area contributed by atoms with Crippen molar-refractivity contribution in [2.24, 2.45) is 5.92 Å². The number of hydrogen-bond donors (Lipinski definition) is 0. The van der Waals surface area contributed by atoms with Gasteiger partial charge in [-0.2, -0.15) is 13.2 Å². The topological polar surface area (TPSA) is 49.2 Å². The number of aromatic nitrogens is 3. The molecule has 0 spiro atoms. The highest BCUT2D eigenvalue weighted by atomic mass is 35.5. The molecular formula is C17H21ClF3N3O2. The van der Waals surface area contributed by atoms with Gasteiger partial charge in [-0.25, -0.2) is 9.97 Å². The molecule has 1 fully saturated rings. The van der Waals surface area contributed by atoms with E-state index in [0.29, 0.717) is 23.5 Å². The molecule has 0 N–H and O–H groups in total. The lowest BCUT2D eigenvalue weighted by molar-refractivity contribution is -0.189. The van der Waals surface area contributed by atoms with Crippen molar-refractivity contribution in [1.29, 1.82) is 0 Å². The highest BCUT2D eigenvalue weighted by Gasteiger charge is 2.37. The molecule has 3 heterocycles. The summed E-state index contributed by atoms with van der Waals surface area (Å²) in [4.78, 5) is 8.41. The van der Waals surface area contributed by atoms with Crippen LogP contribution in [0.1, 0.15) is 45.0 Å². The molecule has 26 heavy (non-hydrogen) atoms. The molecule has 0 saturated carbocycles. The highest BCUT2D eigenvalue weighted by molar-refractivity contribution is 6.29. The molecule has 3 rings (SSSR count). The Labute approximate surface area is 154 Å². The standard InChI is InChI=1S/C17H21ClF3N3O2/c1-10(17(19,20)21)9-24-13-7-14(18)22-8-12(13)23-16(24)11(2)26-15-5-3-4-6-25-15/h7-8,10-11,15H,3-6,9H2,1-2H3/t10-,11+,15?/m0/s1. The highest BCUT2D eigenvalue weighted by Crippen LogP contribution is 2.32.